The van der Waals surface area contributed by atoms with Crippen molar-refractivity contribution in [3.63, 3.8) is 0 Å². The highest BCUT2D eigenvalue weighted by Gasteiger charge is 2.21. The fraction of sp³-hybridized carbons (Fsp3) is 0.500. The van der Waals surface area contributed by atoms with Crippen LogP contribution in [-0.2, 0) is 4.79 Å². The van der Waals surface area contributed by atoms with Crippen LogP contribution in [0.5, 0.6) is 0 Å². The van der Waals surface area contributed by atoms with Gasteiger partial charge in [-0.05, 0) is 31.2 Å². The maximum Gasteiger partial charge on any atom is 0.239 e. The fourth-order valence-electron chi connectivity index (χ4n) is 2.42. The van der Waals surface area contributed by atoms with Gasteiger partial charge in [0.2, 0.25) is 5.91 Å². The molecular weight excluding hydrogens is 306 g/mol. The van der Waals surface area contributed by atoms with Gasteiger partial charge < -0.3 is 15.5 Å². The Morgan fingerprint density at radius 1 is 1.53 bits per heavy atom. The number of anilines is 1. The fourth-order valence-corrected chi connectivity index (χ4v) is 2.77. The Labute approximate surface area is 122 Å². The molecule has 1 aliphatic heterocycles. The molecule has 1 aromatic carbocycles. The zero-order valence-corrected chi connectivity index (χ0v) is 13.0. The van der Waals surface area contributed by atoms with E-state index in [0.717, 1.165) is 23.2 Å². The average Bonchev–Trinajstić information content (AvgIpc) is 2.39. The summed E-state index contributed by atoms with van der Waals surface area (Å²) in [4.78, 5) is 13.7. The first-order valence-corrected chi connectivity index (χ1v) is 7.45. The van der Waals surface area contributed by atoms with Gasteiger partial charge >= 0.3 is 0 Å². The molecule has 1 amide bonds. The van der Waals surface area contributed by atoms with E-state index in [0.29, 0.717) is 13.1 Å². The molecule has 2 rings (SSSR count). The molecule has 104 valence electrons. The summed E-state index contributed by atoms with van der Waals surface area (Å²) >= 11 is 3.52. The molecule has 1 saturated heterocycles. The summed E-state index contributed by atoms with van der Waals surface area (Å²) in [7, 11) is 0. The summed E-state index contributed by atoms with van der Waals surface area (Å²) < 4.78 is 1.04. The van der Waals surface area contributed by atoms with E-state index in [9.17, 15) is 4.79 Å². The number of rotatable bonds is 4. The molecule has 0 spiro atoms. The van der Waals surface area contributed by atoms with Crippen LogP contribution < -0.4 is 15.5 Å². The van der Waals surface area contributed by atoms with Gasteiger partial charge in [0.15, 0.2) is 0 Å². The van der Waals surface area contributed by atoms with Crippen LogP contribution in [0.4, 0.5) is 5.69 Å². The Morgan fingerprint density at radius 2 is 2.32 bits per heavy atom. The zero-order valence-electron chi connectivity index (χ0n) is 11.4. The van der Waals surface area contributed by atoms with E-state index in [-0.39, 0.29) is 11.9 Å². The van der Waals surface area contributed by atoms with E-state index < -0.39 is 0 Å². The molecule has 1 aromatic rings. The molecule has 2 N–H and O–H groups in total. The summed E-state index contributed by atoms with van der Waals surface area (Å²) in [5.41, 5.74) is 2.37. The number of halogens is 1. The lowest BCUT2D eigenvalue weighted by Gasteiger charge is -2.32. The number of amides is 1. The molecule has 0 aliphatic carbocycles. The van der Waals surface area contributed by atoms with Crippen LogP contribution in [0, 0.1) is 0 Å². The van der Waals surface area contributed by atoms with Crippen molar-refractivity contribution in [2.24, 2.45) is 0 Å². The smallest absolute Gasteiger partial charge is 0.239 e. The third-order valence-electron chi connectivity index (χ3n) is 3.35. The summed E-state index contributed by atoms with van der Waals surface area (Å²) in [6.45, 7) is 7.18. The molecule has 4 nitrogen and oxygen atoms in total. The predicted octanol–water partition coefficient (Wildman–Crippen LogP) is 2.06. The van der Waals surface area contributed by atoms with Crippen molar-refractivity contribution < 1.29 is 4.79 Å². The van der Waals surface area contributed by atoms with E-state index in [2.05, 4.69) is 63.5 Å². The molecule has 0 bridgehead atoms. The second kappa shape index (κ2) is 6.39. The van der Waals surface area contributed by atoms with Crippen LogP contribution in [0.2, 0.25) is 0 Å². The van der Waals surface area contributed by atoms with E-state index in [1.54, 1.807) is 0 Å². The predicted molar refractivity (Wildman–Crippen MR) is 81.5 cm³/mol. The molecule has 0 radical (unpaired) electrons. The molecule has 0 saturated carbocycles. The Bertz CT molecular complexity index is 464. The highest BCUT2D eigenvalue weighted by Crippen LogP contribution is 2.30. The summed E-state index contributed by atoms with van der Waals surface area (Å²) in [5, 5.41) is 6.29. The number of hydrogen-bond donors (Lipinski definition) is 2. The van der Waals surface area contributed by atoms with Crippen molar-refractivity contribution in [2.45, 2.75) is 19.9 Å². The van der Waals surface area contributed by atoms with Gasteiger partial charge in [0.05, 0.1) is 6.54 Å². The third-order valence-corrected chi connectivity index (χ3v) is 3.84. The van der Waals surface area contributed by atoms with Crippen molar-refractivity contribution in [2.75, 3.05) is 31.1 Å². The van der Waals surface area contributed by atoms with Crippen LogP contribution in [0.3, 0.4) is 0 Å². The van der Waals surface area contributed by atoms with Gasteiger partial charge in [0.25, 0.3) is 0 Å². The summed E-state index contributed by atoms with van der Waals surface area (Å²) in [6.07, 6.45) is 0. The number of benzene rings is 1. The number of carbonyl (C=O) groups excluding carboxylic acids is 1. The second-order valence-electron chi connectivity index (χ2n) is 4.75. The van der Waals surface area contributed by atoms with Crippen LogP contribution >= 0.6 is 15.9 Å². The minimum absolute atomic E-state index is 0.0910. The Morgan fingerprint density at radius 3 is 3.00 bits per heavy atom. The van der Waals surface area contributed by atoms with Crippen LogP contribution in [0.1, 0.15) is 25.5 Å². The molecular formula is C14H20BrN3O. The highest BCUT2D eigenvalue weighted by atomic mass is 79.9. The topological polar surface area (TPSA) is 44.4 Å². The van der Waals surface area contributed by atoms with E-state index >= 15 is 0 Å². The van der Waals surface area contributed by atoms with Gasteiger partial charge in [-0.2, -0.15) is 0 Å². The highest BCUT2D eigenvalue weighted by molar-refractivity contribution is 9.10. The molecule has 1 heterocycles. The second-order valence-corrected chi connectivity index (χ2v) is 5.67. The monoisotopic (exact) mass is 325 g/mol. The molecule has 19 heavy (non-hydrogen) atoms. The number of hydrogen-bond acceptors (Lipinski definition) is 3. The van der Waals surface area contributed by atoms with Crippen molar-refractivity contribution in [3.8, 4) is 0 Å². The van der Waals surface area contributed by atoms with Crippen molar-refractivity contribution in [1.82, 2.24) is 10.6 Å². The minimum atomic E-state index is 0.0910. The Hall–Kier alpha value is -1.07. The lowest BCUT2D eigenvalue weighted by molar-refractivity contribution is -0.120. The zero-order chi connectivity index (χ0) is 13.8. The normalized spacial score (nSPS) is 17.2. The molecule has 5 heteroatoms. The van der Waals surface area contributed by atoms with Crippen LogP contribution in [0.25, 0.3) is 0 Å². The van der Waals surface area contributed by atoms with Gasteiger partial charge in [-0.1, -0.05) is 28.9 Å². The maximum absolute atomic E-state index is 11.6. The van der Waals surface area contributed by atoms with Gasteiger partial charge in [-0.25, -0.2) is 0 Å². The third kappa shape index (κ3) is 3.48. The van der Waals surface area contributed by atoms with Gasteiger partial charge in [0, 0.05) is 29.3 Å². The van der Waals surface area contributed by atoms with Gasteiger partial charge in [0.1, 0.15) is 0 Å². The number of nitrogens with zero attached hydrogens (tertiary/aromatic N) is 1. The molecule has 1 fully saturated rings. The summed E-state index contributed by atoms with van der Waals surface area (Å²) in [5.74, 6) is 0.0910. The standard InChI is InChI=1S/C14H20BrN3O/c1-3-16-10(2)12-5-4-11(15)8-13(12)18-7-6-17-14(19)9-18/h4-5,8,10,16H,3,6-7,9H2,1-2H3,(H,17,19). The Balaban J connectivity index is 2.31. The van der Waals surface area contributed by atoms with Gasteiger partial charge in [-0.15, -0.1) is 0 Å². The first-order valence-electron chi connectivity index (χ1n) is 6.66. The first kappa shape index (κ1) is 14.3. The molecule has 1 atom stereocenters. The lowest BCUT2D eigenvalue weighted by Crippen LogP contribution is -2.48. The maximum atomic E-state index is 11.6. The SMILES string of the molecule is CCNC(C)c1ccc(Br)cc1N1CCNC(=O)C1. The largest absolute Gasteiger partial charge is 0.360 e. The number of piperazine rings is 1. The van der Waals surface area contributed by atoms with E-state index in [1.165, 1.54) is 5.56 Å². The average molecular weight is 326 g/mol. The number of nitrogens with one attached hydrogen (secondary N) is 2. The van der Waals surface area contributed by atoms with Gasteiger partial charge in [-0.3, -0.25) is 4.79 Å². The summed E-state index contributed by atoms with van der Waals surface area (Å²) in [6, 6.07) is 6.55. The quantitative estimate of drug-likeness (QED) is 0.890. The molecule has 1 aliphatic rings. The van der Waals surface area contributed by atoms with E-state index in [1.807, 2.05) is 0 Å². The van der Waals surface area contributed by atoms with Crippen molar-refractivity contribution in [3.05, 3.63) is 28.2 Å². The van der Waals surface area contributed by atoms with Crippen LogP contribution in [-0.4, -0.2) is 32.1 Å². The van der Waals surface area contributed by atoms with Crippen LogP contribution in [0.15, 0.2) is 22.7 Å². The van der Waals surface area contributed by atoms with Crippen molar-refractivity contribution in [1.29, 1.82) is 0 Å². The van der Waals surface area contributed by atoms with E-state index in [4.69, 9.17) is 0 Å². The van der Waals surface area contributed by atoms with Crippen molar-refractivity contribution >= 4 is 27.5 Å². The minimum Gasteiger partial charge on any atom is -0.360 e. The lowest BCUT2D eigenvalue weighted by atomic mass is 10.0. The Kier molecular flexibility index (Phi) is 4.82. The number of carbonyl (C=O) groups is 1. The molecule has 1 unspecified atom stereocenters. The molecule has 0 aromatic heterocycles. The first-order chi connectivity index (χ1) is 9.11.